The number of hydrogen-bond acceptors (Lipinski definition) is 10. The maximum Gasteiger partial charge on any atom is 0.261 e. The molecule has 11 heteroatoms. The van der Waals surface area contributed by atoms with Crippen LogP contribution < -0.4 is 10.4 Å². The van der Waals surface area contributed by atoms with Crippen molar-refractivity contribution in [2.24, 2.45) is 0 Å². The Morgan fingerprint density at radius 3 is 1.83 bits per heavy atom. The predicted molar refractivity (Wildman–Crippen MR) is 175 cm³/mol. The number of hydrogen-bond donors (Lipinski definition) is 0. The van der Waals surface area contributed by atoms with Gasteiger partial charge in [0.1, 0.15) is 42.7 Å². The van der Waals surface area contributed by atoms with E-state index in [0.29, 0.717) is 6.61 Å². The van der Waals surface area contributed by atoms with Crippen molar-refractivity contribution >= 4 is 18.7 Å². The molecule has 2 aromatic carbocycles. The van der Waals surface area contributed by atoms with E-state index in [1.165, 1.54) is 10.4 Å². The fraction of sp³-hybridized carbons (Fsp3) is 0.667. The Morgan fingerprint density at radius 1 is 0.681 bits per heavy atom. The molecule has 0 aromatic heterocycles. The van der Waals surface area contributed by atoms with Crippen LogP contribution in [0.25, 0.3) is 0 Å². The maximum absolute atomic E-state index is 7.30. The van der Waals surface area contributed by atoms with Crippen molar-refractivity contribution < 1.29 is 47.1 Å². The molecule has 0 bridgehead atoms. The van der Waals surface area contributed by atoms with Crippen LogP contribution in [0.4, 0.5) is 0 Å². The predicted octanol–water partition coefficient (Wildman–Crippen LogP) is 4.22. The van der Waals surface area contributed by atoms with Gasteiger partial charge in [0.05, 0.1) is 13.2 Å². The van der Waals surface area contributed by atoms with E-state index in [9.17, 15) is 0 Å². The van der Waals surface area contributed by atoms with Crippen LogP contribution in [-0.4, -0.2) is 94.2 Å². The van der Waals surface area contributed by atoms with Crippen LogP contribution in [0.1, 0.15) is 62.3 Å². The third-order valence-corrected chi connectivity index (χ3v) is 14.7. The molecule has 5 aliphatic rings. The Balaban J connectivity index is 1.18. The highest BCUT2D eigenvalue weighted by molar-refractivity contribution is 6.99. The van der Waals surface area contributed by atoms with Gasteiger partial charge in [-0.05, 0) is 57.0 Å². The minimum Gasteiger partial charge on any atom is -0.405 e. The molecule has 0 radical (unpaired) electrons. The topological polar surface area (TPSA) is 92.3 Å². The molecule has 5 fully saturated rings. The summed E-state index contributed by atoms with van der Waals surface area (Å²) in [6.45, 7) is 18.8. The zero-order valence-electron chi connectivity index (χ0n) is 29.0. The van der Waals surface area contributed by atoms with Gasteiger partial charge in [-0.15, -0.1) is 0 Å². The van der Waals surface area contributed by atoms with Crippen molar-refractivity contribution in [1.82, 2.24) is 0 Å². The second-order valence-corrected chi connectivity index (χ2v) is 19.9. The summed E-state index contributed by atoms with van der Waals surface area (Å²) in [6.07, 6.45) is -4.66. The van der Waals surface area contributed by atoms with Crippen LogP contribution in [-0.2, 0) is 47.1 Å². The van der Waals surface area contributed by atoms with Crippen LogP contribution >= 0.6 is 0 Å². The standard InChI is InChI=1S/C36H50O10Si/c1-33(2,3)47(22-16-12-10-13-17-22,23-18-14-11-15-19-23)38-21-24-26(29-32(39-24)46-36(8,9)44-29)40-31-30-28(43-35(6,7)45-30)27(41-31)25-20-37-34(4,5)42-25/h10-19,24-32H,20-21H2,1-9H3/t24-,25?,26+,27-,28+,29?,30+,31?,32-/m1/s1. The molecular formula is C36H50O10Si. The Hall–Kier alpha value is -1.74. The number of ether oxygens (including phenoxy) is 9. The quantitative estimate of drug-likeness (QED) is 0.381. The highest BCUT2D eigenvalue weighted by Crippen LogP contribution is 2.46. The summed E-state index contributed by atoms with van der Waals surface area (Å²) in [7, 11) is -2.86. The molecule has 0 spiro atoms. The van der Waals surface area contributed by atoms with Crippen molar-refractivity contribution in [3.05, 3.63) is 60.7 Å². The second-order valence-electron chi connectivity index (χ2n) is 15.6. The summed E-state index contributed by atoms with van der Waals surface area (Å²) < 4.78 is 64.8. The lowest BCUT2D eigenvalue weighted by molar-refractivity contribution is -0.275. The normalized spacial score (nSPS) is 37.3. The molecule has 47 heavy (non-hydrogen) atoms. The summed E-state index contributed by atoms with van der Waals surface area (Å²) >= 11 is 0. The molecule has 0 saturated carbocycles. The maximum atomic E-state index is 7.30. The molecular weight excluding hydrogens is 620 g/mol. The van der Waals surface area contributed by atoms with E-state index >= 15 is 0 Å². The minimum atomic E-state index is -2.86. The Labute approximate surface area is 279 Å². The van der Waals surface area contributed by atoms with Gasteiger partial charge in [-0.3, -0.25) is 0 Å². The molecule has 10 nitrogen and oxygen atoms in total. The molecule has 7 rings (SSSR count). The van der Waals surface area contributed by atoms with Gasteiger partial charge in [0.2, 0.25) is 0 Å². The van der Waals surface area contributed by atoms with Gasteiger partial charge in [-0.1, -0.05) is 81.4 Å². The fourth-order valence-electron chi connectivity index (χ4n) is 7.85. The van der Waals surface area contributed by atoms with Gasteiger partial charge in [0, 0.05) is 0 Å². The summed E-state index contributed by atoms with van der Waals surface area (Å²) in [5.74, 6) is -2.37. The molecule has 5 aliphatic heterocycles. The Kier molecular flexibility index (Phi) is 8.58. The zero-order chi connectivity index (χ0) is 33.4. The second kappa shape index (κ2) is 11.9. The van der Waals surface area contributed by atoms with E-state index in [4.69, 9.17) is 47.1 Å². The highest BCUT2D eigenvalue weighted by Gasteiger charge is 2.63. The first-order valence-corrected chi connectivity index (χ1v) is 18.7. The van der Waals surface area contributed by atoms with Gasteiger partial charge in [-0.25, -0.2) is 0 Å². The number of rotatable bonds is 8. The molecule has 258 valence electrons. The SMILES string of the molecule is CC1(C)OCC([C@H]2OC(O[C@@H]3C4OC(C)(C)O[C@H]4O[C@@H]3CO[Si](c3ccccc3)(c3ccccc3)C(C)(C)C)[C@H]3OC(C)(C)O[C@@H]23)O1. The lowest BCUT2D eigenvalue weighted by Crippen LogP contribution is -2.67. The van der Waals surface area contributed by atoms with Crippen LogP contribution in [0.5, 0.6) is 0 Å². The average Bonchev–Trinajstić information content (AvgIpc) is 3.76. The van der Waals surface area contributed by atoms with Gasteiger partial charge in [0.15, 0.2) is 29.9 Å². The average molecular weight is 671 g/mol. The molecule has 0 amide bonds. The van der Waals surface area contributed by atoms with E-state index in [0.717, 1.165) is 0 Å². The lowest BCUT2D eigenvalue weighted by atomic mass is 10.1. The van der Waals surface area contributed by atoms with Crippen molar-refractivity contribution in [3.63, 3.8) is 0 Å². The van der Waals surface area contributed by atoms with Crippen LogP contribution in [0, 0.1) is 0 Å². The van der Waals surface area contributed by atoms with E-state index < -0.39 is 74.9 Å². The first kappa shape index (κ1) is 33.7. The van der Waals surface area contributed by atoms with E-state index in [1.54, 1.807) is 0 Å². The first-order valence-electron chi connectivity index (χ1n) is 16.8. The largest absolute Gasteiger partial charge is 0.405 e. The van der Waals surface area contributed by atoms with Crippen molar-refractivity contribution in [2.75, 3.05) is 13.2 Å². The summed E-state index contributed by atoms with van der Waals surface area (Å²) in [6, 6.07) is 21.1. The fourth-order valence-corrected chi connectivity index (χ4v) is 12.4. The molecule has 0 aliphatic carbocycles. The monoisotopic (exact) mass is 670 g/mol. The molecule has 3 unspecified atom stereocenters. The summed E-state index contributed by atoms with van der Waals surface area (Å²) in [4.78, 5) is 0. The van der Waals surface area contributed by atoms with Crippen LogP contribution in [0.2, 0.25) is 5.04 Å². The molecule has 2 aromatic rings. The summed E-state index contributed by atoms with van der Waals surface area (Å²) in [5, 5.41) is 2.17. The van der Waals surface area contributed by atoms with E-state index in [1.807, 2.05) is 53.7 Å². The van der Waals surface area contributed by atoms with E-state index in [-0.39, 0.29) is 17.7 Å². The smallest absolute Gasteiger partial charge is 0.261 e. The van der Waals surface area contributed by atoms with Gasteiger partial charge in [-0.2, -0.15) is 0 Å². The molecule has 5 saturated heterocycles. The van der Waals surface area contributed by atoms with Gasteiger partial charge < -0.3 is 47.1 Å². The van der Waals surface area contributed by atoms with Gasteiger partial charge >= 0.3 is 0 Å². The molecule has 0 N–H and O–H groups in total. The first-order chi connectivity index (χ1) is 22.1. The van der Waals surface area contributed by atoms with Crippen LogP contribution in [0.3, 0.4) is 0 Å². The van der Waals surface area contributed by atoms with Crippen LogP contribution in [0.15, 0.2) is 60.7 Å². The molecule has 5 heterocycles. The Bertz CT molecular complexity index is 1360. The van der Waals surface area contributed by atoms with Gasteiger partial charge in [0.25, 0.3) is 8.32 Å². The summed E-state index contributed by atoms with van der Waals surface area (Å²) in [5.41, 5.74) is 0. The van der Waals surface area contributed by atoms with Crippen molar-refractivity contribution in [1.29, 1.82) is 0 Å². The zero-order valence-corrected chi connectivity index (χ0v) is 30.0. The third-order valence-electron chi connectivity index (χ3n) is 9.70. The van der Waals surface area contributed by atoms with E-state index in [2.05, 4.69) is 69.3 Å². The number of benzene rings is 2. The molecule has 9 atom stereocenters. The van der Waals surface area contributed by atoms with Crippen molar-refractivity contribution in [3.8, 4) is 0 Å². The van der Waals surface area contributed by atoms with Crippen molar-refractivity contribution in [2.45, 2.75) is 140 Å². The minimum absolute atomic E-state index is 0.206. The third kappa shape index (κ3) is 6.27. The Morgan fingerprint density at radius 2 is 1.26 bits per heavy atom. The lowest BCUT2D eigenvalue weighted by Gasteiger charge is -2.43. The highest BCUT2D eigenvalue weighted by atomic mass is 28.4. The number of fused-ring (bicyclic) bond motifs is 2.